The normalized spacial score (nSPS) is 17.9. The molecule has 0 aliphatic heterocycles. The molecule has 1 rings (SSSR count). The van der Waals surface area contributed by atoms with Crippen molar-refractivity contribution in [3.63, 3.8) is 0 Å². The molecule has 1 aromatic carbocycles. The van der Waals surface area contributed by atoms with Crippen molar-refractivity contribution in [3.05, 3.63) is 35.9 Å². The Morgan fingerprint density at radius 1 is 1.00 bits per heavy atom. The van der Waals surface area contributed by atoms with E-state index in [-0.39, 0.29) is 5.92 Å². The van der Waals surface area contributed by atoms with Crippen molar-refractivity contribution in [3.8, 4) is 11.5 Å². The molecule has 1 nitrogen and oxygen atoms in total. The summed E-state index contributed by atoms with van der Waals surface area (Å²) in [6.45, 7) is 17.8. The predicted octanol–water partition coefficient (Wildman–Crippen LogP) is 4.92. The monoisotopic (exact) mass is 332 g/mol. The molecule has 0 aliphatic carbocycles. The Morgan fingerprint density at radius 2 is 1.50 bits per heavy atom. The lowest BCUT2D eigenvalue weighted by atomic mass is 9.85. The highest BCUT2D eigenvalue weighted by Crippen LogP contribution is 2.39. The zero-order chi connectivity index (χ0) is 17.2. The smallest absolute Gasteiger partial charge is 0.129 e. The van der Waals surface area contributed by atoms with Crippen molar-refractivity contribution in [1.29, 1.82) is 0 Å². The summed E-state index contributed by atoms with van der Waals surface area (Å²) in [6.07, 6.45) is 0. The molecule has 0 aliphatic rings. The predicted molar refractivity (Wildman–Crippen MR) is 103 cm³/mol. The lowest BCUT2D eigenvalue weighted by Crippen LogP contribution is -2.45. The second kappa shape index (κ2) is 6.74. The van der Waals surface area contributed by atoms with Crippen LogP contribution in [-0.4, -0.2) is 26.9 Å². The van der Waals surface area contributed by atoms with Crippen LogP contribution in [0.5, 0.6) is 0 Å². The summed E-state index contributed by atoms with van der Waals surface area (Å²) in [7, 11) is -2.97. The van der Waals surface area contributed by atoms with Gasteiger partial charge in [-0.2, -0.15) is 0 Å². The van der Waals surface area contributed by atoms with Gasteiger partial charge in [-0.3, -0.25) is 0 Å². The van der Waals surface area contributed by atoms with Gasteiger partial charge in [0.15, 0.2) is 0 Å². The molecule has 0 fully saturated rings. The molecule has 22 heavy (non-hydrogen) atoms. The van der Waals surface area contributed by atoms with E-state index in [1.165, 1.54) is 5.56 Å². The number of rotatable bonds is 4. The molecule has 3 unspecified atom stereocenters. The quantitative estimate of drug-likeness (QED) is 0.613. The van der Waals surface area contributed by atoms with E-state index in [0.29, 0.717) is 5.54 Å². The topological polar surface area (TPSA) is 20.2 Å². The van der Waals surface area contributed by atoms with Crippen LogP contribution in [0.15, 0.2) is 30.3 Å². The number of benzene rings is 1. The van der Waals surface area contributed by atoms with Gasteiger partial charge < -0.3 is 5.11 Å². The van der Waals surface area contributed by atoms with Crippen LogP contribution in [0.4, 0.5) is 0 Å². The molecule has 1 aromatic rings. The fourth-order valence-corrected chi connectivity index (χ4v) is 6.60. The Balaban J connectivity index is 3.23. The highest BCUT2D eigenvalue weighted by Gasteiger charge is 2.40. The second-order valence-corrected chi connectivity index (χ2v) is 18.8. The van der Waals surface area contributed by atoms with Crippen LogP contribution in [0, 0.1) is 17.4 Å². The van der Waals surface area contributed by atoms with Gasteiger partial charge in [0.2, 0.25) is 0 Å². The highest BCUT2D eigenvalue weighted by molar-refractivity contribution is 6.83. The van der Waals surface area contributed by atoms with Gasteiger partial charge in [0.05, 0.1) is 8.07 Å². The summed E-state index contributed by atoms with van der Waals surface area (Å²) in [5.74, 6) is 3.33. The summed E-state index contributed by atoms with van der Waals surface area (Å²) in [5, 5.41) is 11.0. The Morgan fingerprint density at radius 3 is 1.91 bits per heavy atom. The van der Waals surface area contributed by atoms with Crippen LogP contribution in [0.25, 0.3) is 0 Å². The standard InChI is InChI=1S/C19H32OSi2/c1-16(19(2,20)14-15-21(3,4)5)18(22(6,7)8)17-12-10-9-11-13-17/h9-13,16,18,20H,1-8H3. The van der Waals surface area contributed by atoms with Gasteiger partial charge >= 0.3 is 0 Å². The zero-order valence-electron chi connectivity index (χ0n) is 15.5. The molecule has 0 heterocycles. The molecule has 0 aromatic heterocycles. The maximum atomic E-state index is 11.0. The first kappa shape index (κ1) is 19.2. The molecule has 3 heteroatoms. The summed E-state index contributed by atoms with van der Waals surface area (Å²) >= 11 is 0. The molecule has 0 saturated heterocycles. The van der Waals surface area contributed by atoms with Gasteiger partial charge in [-0.25, -0.2) is 0 Å². The van der Waals surface area contributed by atoms with E-state index in [4.69, 9.17) is 0 Å². The third-order valence-corrected chi connectivity index (χ3v) is 7.74. The van der Waals surface area contributed by atoms with E-state index in [1.54, 1.807) is 0 Å². The zero-order valence-corrected chi connectivity index (χ0v) is 17.5. The number of hydrogen-bond donors (Lipinski definition) is 1. The molecule has 3 atom stereocenters. The van der Waals surface area contributed by atoms with Gasteiger partial charge in [0.1, 0.15) is 13.7 Å². The van der Waals surface area contributed by atoms with Crippen LogP contribution in [0.1, 0.15) is 25.0 Å². The van der Waals surface area contributed by atoms with Crippen LogP contribution in [0.3, 0.4) is 0 Å². The van der Waals surface area contributed by atoms with Crippen molar-refractivity contribution < 1.29 is 5.11 Å². The van der Waals surface area contributed by atoms with Crippen molar-refractivity contribution >= 4 is 16.1 Å². The van der Waals surface area contributed by atoms with E-state index < -0.39 is 21.7 Å². The van der Waals surface area contributed by atoms with Crippen molar-refractivity contribution in [1.82, 2.24) is 0 Å². The highest BCUT2D eigenvalue weighted by atomic mass is 28.3. The van der Waals surface area contributed by atoms with E-state index >= 15 is 0 Å². The molecule has 0 saturated carbocycles. The third-order valence-electron chi connectivity index (χ3n) is 4.17. The van der Waals surface area contributed by atoms with E-state index in [9.17, 15) is 5.11 Å². The third kappa shape index (κ3) is 5.42. The van der Waals surface area contributed by atoms with Crippen LogP contribution < -0.4 is 0 Å². The Bertz CT molecular complexity index is 539. The first-order valence-corrected chi connectivity index (χ1v) is 15.2. The molecule has 1 N–H and O–H groups in total. The maximum absolute atomic E-state index is 11.0. The molecule has 0 bridgehead atoms. The van der Waals surface area contributed by atoms with Gasteiger partial charge in [-0.1, -0.05) is 82.5 Å². The van der Waals surface area contributed by atoms with E-state index in [0.717, 1.165) is 0 Å². The number of hydrogen-bond acceptors (Lipinski definition) is 1. The molecular formula is C19H32OSi2. The van der Waals surface area contributed by atoms with Crippen LogP contribution >= 0.6 is 0 Å². The average molecular weight is 333 g/mol. The van der Waals surface area contributed by atoms with Crippen molar-refractivity contribution in [2.24, 2.45) is 5.92 Å². The first-order chi connectivity index (χ1) is 9.84. The minimum atomic E-state index is -1.49. The first-order valence-electron chi connectivity index (χ1n) is 8.16. The van der Waals surface area contributed by atoms with Gasteiger partial charge in [-0.05, 0) is 18.0 Å². The van der Waals surface area contributed by atoms with E-state index in [2.05, 4.69) is 88.0 Å². The lowest BCUT2D eigenvalue weighted by Gasteiger charge is -2.40. The van der Waals surface area contributed by atoms with Crippen molar-refractivity contribution in [2.75, 3.05) is 0 Å². The maximum Gasteiger partial charge on any atom is 0.129 e. The van der Waals surface area contributed by atoms with Crippen LogP contribution in [0.2, 0.25) is 39.3 Å². The fraction of sp³-hybridized carbons (Fsp3) is 0.579. The van der Waals surface area contributed by atoms with Gasteiger partial charge in [0.25, 0.3) is 0 Å². The number of aliphatic hydroxyl groups is 1. The Labute approximate surface area is 139 Å². The molecular weight excluding hydrogens is 300 g/mol. The minimum Gasteiger partial charge on any atom is -0.378 e. The summed E-state index contributed by atoms with van der Waals surface area (Å²) in [5.41, 5.74) is 4.14. The van der Waals surface area contributed by atoms with Gasteiger partial charge in [-0.15, -0.1) is 5.54 Å². The Hall–Kier alpha value is -0.826. The summed E-state index contributed by atoms with van der Waals surface area (Å²) in [4.78, 5) is 0. The molecule has 0 radical (unpaired) electrons. The van der Waals surface area contributed by atoms with E-state index in [1.807, 2.05) is 6.92 Å². The molecule has 0 amide bonds. The second-order valence-electron chi connectivity index (χ2n) is 8.69. The van der Waals surface area contributed by atoms with Crippen LogP contribution in [-0.2, 0) is 0 Å². The summed E-state index contributed by atoms with van der Waals surface area (Å²) in [6, 6.07) is 10.6. The SMILES string of the molecule is CC(C(c1ccccc1)[Si](C)(C)C)C(C)(O)C#C[Si](C)(C)C. The lowest BCUT2D eigenvalue weighted by molar-refractivity contribution is 0.0605. The largest absolute Gasteiger partial charge is 0.378 e. The fourth-order valence-electron chi connectivity index (χ4n) is 2.95. The Kier molecular flexibility index (Phi) is 5.89. The molecule has 0 spiro atoms. The van der Waals surface area contributed by atoms with Crippen molar-refractivity contribution in [2.45, 2.75) is 64.3 Å². The van der Waals surface area contributed by atoms with Gasteiger partial charge in [0, 0.05) is 5.92 Å². The minimum absolute atomic E-state index is 0.116. The summed E-state index contributed by atoms with van der Waals surface area (Å²) < 4.78 is 0. The molecule has 122 valence electrons. The average Bonchev–Trinajstić information content (AvgIpc) is 2.35.